The SMILES string of the molecule is CNc1nc(Cc2ccc(OC)c(OC)c2)nc2sc(C#N)c(C)c12. The summed E-state index contributed by atoms with van der Waals surface area (Å²) >= 11 is 1.39. The van der Waals surface area contributed by atoms with Gasteiger partial charge in [0.15, 0.2) is 11.5 Å². The van der Waals surface area contributed by atoms with E-state index in [1.807, 2.05) is 32.2 Å². The zero-order valence-electron chi connectivity index (χ0n) is 14.5. The van der Waals surface area contributed by atoms with Crippen LogP contribution >= 0.6 is 11.3 Å². The minimum absolute atomic E-state index is 0.559. The molecule has 7 heteroatoms. The van der Waals surface area contributed by atoms with Gasteiger partial charge in [-0.1, -0.05) is 6.07 Å². The van der Waals surface area contributed by atoms with Gasteiger partial charge >= 0.3 is 0 Å². The lowest BCUT2D eigenvalue weighted by atomic mass is 10.1. The van der Waals surface area contributed by atoms with Gasteiger partial charge in [-0.25, -0.2) is 9.97 Å². The third kappa shape index (κ3) is 3.08. The van der Waals surface area contributed by atoms with Crippen molar-refractivity contribution in [3.63, 3.8) is 0 Å². The molecule has 3 aromatic rings. The summed E-state index contributed by atoms with van der Waals surface area (Å²) in [7, 11) is 5.05. The molecule has 0 radical (unpaired) electrons. The van der Waals surface area contributed by atoms with Crippen LogP contribution in [-0.2, 0) is 6.42 Å². The first-order valence-corrected chi connectivity index (χ1v) is 8.51. The molecule has 0 fully saturated rings. The standard InChI is InChI=1S/C18H18N4O2S/c1-10-14(9-19)25-18-16(10)17(20-2)21-15(22-18)8-11-5-6-12(23-3)13(7-11)24-4/h5-7H,8H2,1-4H3,(H,20,21,22). The minimum Gasteiger partial charge on any atom is -0.493 e. The Labute approximate surface area is 150 Å². The Balaban J connectivity index is 2.04. The van der Waals surface area contributed by atoms with Gasteiger partial charge < -0.3 is 14.8 Å². The van der Waals surface area contributed by atoms with Crippen LogP contribution in [0, 0.1) is 18.3 Å². The third-order valence-corrected chi connectivity index (χ3v) is 5.08. The van der Waals surface area contributed by atoms with Crippen LogP contribution < -0.4 is 14.8 Å². The summed E-state index contributed by atoms with van der Waals surface area (Å²) in [6.45, 7) is 1.93. The van der Waals surface area contributed by atoms with Crippen molar-refractivity contribution in [2.24, 2.45) is 0 Å². The Morgan fingerprint density at radius 2 is 1.96 bits per heavy atom. The molecular weight excluding hydrogens is 336 g/mol. The topological polar surface area (TPSA) is 80.1 Å². The van der Waals surface area contributed by atoms with Gasteiger partial charge in [0.05, 0.1) is 19.6 Å². The second-order valence-corrected chi connectivity index (χ2v) is 6.45. The number of hydrogen-bond donors (Lipinski definition) is 1. The van der Waals surface area contributed by atoms with Crippen LogP contribution in [0.2, 0.25) is 0 Å². The highest BCUT2D eigenvalue weighted by atomic mass is 32.1. The summed E-state index contributed by atoms with van der Waals surface area (Å²) < 4.78 is 10.6. The number of nitriles is 1. The van der Waals surface area contributed by atoms with Crippen LogP contribution in [0.5, 0.6) is 11.5 Å². The molecule has 0 saturated heterocycles. The molecule has 2 aromatic heterocycles. The lowest BCUT2D eigenvalue weighted by Crippen LogP contribution is -2.02. The van der Waals surface area contributed by atoms with Crippen molar-refractivity contribution < 1.29 is 9.47 Å². The number of benzene rings is 1. The van der Waals surface area contributed by atoms with Gasteiger partial charge in [0.25, 0.3) is 0 Å². The van der Waals surface area contributed by atoms with Crippen LogP contribution in [0.3, 0.4) is 0 Å². The third-order valence-electron chi connectivity index (χ3n) is 3.98. The molecule has 0 spiro atoms. The molecule has 0 saturated carbocycles. The van der Waals surface area contributed by atoms with Gasteiger partial charge in [-0.15, -0.1) is 11.3 Å². The highest BCUT2D eigenvalue weighted by molar-refractivity contribution is 7.19. The maximum atomic E-state index is 9.26. The summed E-state index contributed by atoms with van der Waals surface area (Å²) in [6, 6.07) is 7.98. The zero-order valence-corrected chi connectivity index (χ0v) is 15.3. The molecule has 1 N–H and O–H groups in total. The van der Waals surface area contributed by atoms with Crippen molar-refractivity contribution in [1.29, 1.82) is 5.26 Å². The van der Waals surface area contributed by atoms with E-state index in [1.165, 1.54) is 11.3 Å². The molecule has 1 aromatic carbocycles. The molecule has 0 bridgehead atoms. The average Bonchev–Trinajstić information content (AvgIpc) is 2.96. The fourth-order valence-corrected chi connectivity index (χ4v) is 3.72. The van der Waals surface area contributed by atoms with Crippen molar-refractivity contribution >= 4 is 27.4 Å². The quantitative estimate of drug-likeness (QED) is 0.755. The number of nitrogens with one attached hydrogen (secondary N) is 1. The molecule has 2 heterocycles. The number of nitrogens with zero attached hydrogens (tertiary/aromatic N) is 3. The van der Waals surface area contributed by atoms with E-state index < -0.39 is 0 Å². The van der Waals surface area contributed by atoms with Crippen LogP contribution in [0.4, 0.5) is 5.82 Å². The molecular formula is C18H18N4O2S. The van der Waals surface area contributed by atoms with E-state index in [0.717, 1.165) is 27.2 Å². The second kappa shape index (κ2) is 6.95. The van der Waals surface area contributed by atoms with E-state index in [-0.39, 0.29) is 0 Å². The number of anilines is 1. The van der Waals surface area contributed by atoms with Crippen LogP contribution in [-0.4, -0.2) is 31.2 Å². The van der Waals surface area contributed by atoms with E-state index in [2.05, 4.69) is 21.4 Å². The van der Waals surface area contributed by atoms with Gasteiger partial charge in [-0.3, -0.25) is 0 Å². The van der Waals surface area contributed by atoms with E-state index >= 15 is 0 Å². The van der Waals surface area contributed by atoms with Crippen molar-refractivity contribution in [3.8, 4) is 17.6 Å². The minimum atomic E-state index is 0.559. The highest BCUT2D eigenvalue weighted by Crippen LogP contribution is 2.34. The molecule has 0 aliphatic carbocycles. The lowest BCUT2D eigenvalue weighted by Gasteiger charge is -2.10. The Bertz CT molecular complexity index is 975. The van der Waals surface area contributed by atoms with Gasteiger partial charge in [0, 0.05) is 13.5 Å². The summed E-state index contributed by atoms with van der Waals surface area (Å²) in [5, 5.41) is 13.3. The fourth-order valence-electron chi connectivity index (χ4n) is 2.72. The van der Waals surface area contributed by atoms with E-state index in [9.17, 15) is 5.26 Å². The van der Waals surface area contributed by atoms with Crippen LogP contribution in [0.25, 0.3) is 10.2 Å². The van der Waals surface area contributed by atoms with Crippen LogP contribution in [0.15, 0.2) is 18.2 Å². The Hall–Kier alpha value is -2.85. The molecule has 0 amide bonds. The number of aromatic nitrogens is 2. The highest BCUT2D eigenvalue weighted by Gasteiger charge is 2.16. The van der Waals surface area contributed by atoms with E-state index in [1.54, 1.807) is 14.2 Å². The number of ether oxygens (including phenoxy) is 2. The average molecular weight is 354 g/mol. The molecule has 3 rings (SSSR count). The van der Waals surface area contributed by atoms with E-state index in [0.29, 0.717) is 28.6 Å². The molecule has 6 nitrogen and oxygen atoms in total. The van der Waals surface area contributed by atoms with Gasteiger partial charge in [-0.05, 0) is 30.2 Å². The van der Waals surface area contributed by atoms with Crippen molar-refractivity contribution in [1.82, 2.24) is 9.97 Å². The smallest absolute Gasteiger partial charge is 0.161 e. The molecule has 25 heavy (non-hydrogen) atoms. The number of fused-ring (bicyclic) bond motifs is 1. The molecule has 0 aliphatic rings. The van der Waals surface area contributed by atoms with Crippen molar-refractivity contribution in [2.45, 2.75) is 13.3 Å². The molecule has 0 aliphatic heterocycles. The first-order chi connectivity index (χ1) is 12.1. The predicted octanol–water partition coefficient (Wildman–Crippen LogP) is 3.52. The van der Waals surface area contributed by atoms with Crippen molar-refractivity contribution in [3.05, 3.63) is 40.0 Å². The Morgan fingerprint density at radius 1 is 1.20 bits per heavy atom. The Morgan fingerprint density at radius 3 is 2.60 bits per heavy atom. The molecule has 128 valence electrons. The summed E-state index contributed by atoms with van der Waals surface area (Å²) in [5.41, 5.74) is 1.94. The predicted molar refractivity (Wildman–Crippen MR) is 98.8 cm³/mol. The zero-order chi connectivity index (χ0) is 18.0. The maximum Gasteiger partial charge on any atom is 0.161 e. The van der Waals surface area contributed by atoms with E-state index in [4.69, 9.17) is 9.47 Å². The number of hydrogen-bond acceptors (Lipinski definition) is 7. The summed E-state index contributed by atoms with van der Waals surface area (Å²) in [4.78, 5) is 10.8. The number of methoxy groups -OCH3 is 2. The first-order valence-electron chi connectivity index (χ1n) is 7.70. The molecule has 0 atom stereocenters. The summed E-state index contributed by atoms with van der Waals surface area (Å²) in [6.07, 6.45) is 0.559. The molecule has 0 unspecified atom stereocenters. The monoisotopic (exact) mass is 354 g/mol. The lowest BCUT2D eigenvalue weighted by molar-refractivity contribution is 0.354. The van der Waals surface area contributed by atoms with Gasteiger partial charge in [0.2, 0.25) is 0 Å². The van der Waals surface area contributed by atoms with Crippen LogP contribution in [0.1, 0.15) is 21.8 Å². The number of thiophene rings is 1. The first kappa shape index (κ1) is 17.0. The van der Waals surface area contributed by atoms with Gasteiger partial charge in [-0.2, -0.15) is 5.26 Å². The fraction of sp³-hybridized carbons (Fsp3) is 0.278. The van der Waals surface area contributed by atoms with Gasteiger partial charge in [0.1, 0.15) is 27.4 Å². The second-order valence-electron chi connectivity index (χ2n) is 5.45. The maximum absolute atomic E-state index is 9.26. The summed E-state index contributed by atoms with van der Waals surface area (Å²) in [5.74, 6) is 2.80. The number of rotatable bonds is 5. The number of aryl methyl sites for hydroxylation is 1. The largest absolute Gasteiger partial charge is 0.493 e. The normalized spacial score (nSPS) is 10.5. The van der Waals surface area contributed by atoms with Crippen molar-refractivity contribution in [2.75, 3.05) is 26.6 Å². The Kier molecular flexibility index (Phi) is 4.72.